The van der Waals surface area contributed by atoms with Crippen LogP contribution in [0.1, 0.15) is 34.1 Å². The third kappa shape index (κ3) is 2.40. The maximum absolute atomic E-state index is 3.39. The van der Waals surface area contributed by atoms with Crippen molar-refractivity contribution in [2.75, 3.05) is 6.54 Å². The molecule has 1 N–H and O–H groups in total. The van der Waals surface area contributed by atoms with Gasteiger partial charge in [-0.1, -0.05) is 25.5 Å². The average Bonchev–Trinajstić information content (AvgIpc) is 1.82. The zero-order valence-corrected chi connectivity index (χ0v) is 8.57. The molecule has 0 bridgehead atoms. The molecule has 0 aromatic heterocycles. The fraction of sp³-hybridized carbons (Fsp3) is 0.636. The summed E-state index contributed by atoms with van der Waals surface area (Å²) in [5.41, 5.74) is 3.08. The third-order valence-corrected chi connectivity index (χ3v) is 2.07. The van der Waals surface area contributed by atoms with Crippen molar-refractivity contribution in [2.24, 2.45) is 5.41 Å². The highest BCUT2D eigenvalue weighted by Crippen LogP contribution is 2.31. The molecule has 1 rings (SSSR count). The summed E-state index contributed by atoms with van der Waals surface area (Å²) in [6.45, 7) is 9.89. The quantitative estimate of drug-likeness (QED) is 0.663. The molecule has 0 amide bonds. The van der Waals surface area contributed by atoms with Crippen LogP contribution in [0.3, 0.4) is 0 Å². The number of hydrogen-bond donors (Lipinski definition) is 1. The summed E-state index contributed by atoms with van der Waals surface area (Å²) < 4.78 is 0. The van der Waals surface area contributed by atoms with Crippen molar-refractivity contribution in [3.63, 3.8) is 0 Å². The first-order chi connectivity index (χ1) is 5.53. The minimum Gasteiger partial charge on any atom is -0.389 e. The van der Waals surface area contributed by atoms with Crippen LogP contribution in [-0.4, -0.2) is 6.54 Å². The van der Waals surface area contributed by atoms with Gasteiger partial charge in [-0.15, -0.1) is 0 Å². The van der Waals surface area contributed by atoms with Gasteiger partial charge in [-0.25, -0.2) is 0 Å². The lowest BCUT2D eigenvalue weighted by atomic mass is 9.82. The van der Waals surface area contributed by atoms with E-state index < -0.39 is 0 Å². The molecular formula is C11H19N. The van der Waals surface area contributed by atoms with Gasteiger partial charge in [0.15, 0.2) is 0 Å². The minimum absolute atomic E-state index is 0.330. The molecule has 0 saturated carbocycles. The van der Waals surface area contributed by atoms with E-state index in [9.17, 15) is 0 Å². The largest absolute Gasteiger partial charge is 0.389 e. The molecule has 0 atom stereocenters. The Labute approximate surface area is 75.6 Å². The fourth-order valence-corrected chi connectivity index (χ4v) is 1.87. The first-order valence-corrected chi connectivity index (χ1v) is 4.67. The van der Waals surface area contributed by atoms with Gasteiger partial charge >= 0.3 is 0 Å². The highest BCUT2D eigenvalue weighted by molar-refractivity contribution is 5.29. The van der Waals surface area contributed by atoms with Gasteiger partial charge in [-0.2, -0.15) is 0 Å². The minimum atomic E-state index is 0.330. The van der Waals surface area contributed by atoms with Crippen molar-refractivity contribution in [3.05, 3.63) is 23.4 Å². The van der Waals surface area contributed by atoms with Gasteiger partial charge in [0.05, 0.1) is 0 Å². The molecule has 1 nitrogen and oxygen atoms in total. The van der Waals surface area contributed by atoms with Gasteiger partial charge in [-0.05, 0) is 31.8 Å². The van der Waals surface area contributed by atoms with Crippen molar-refractivity contribution in [3.8, 4) is 0 Å². The molecule has 0 unspecified atom stereocenters. The van der Waals surface area contributed by atoms with Crippen LogP contribution in [0.5, 0.6) is 0 Å². The van der Waals surface area contributed by atoms with Crippen molar-refractivity contribution in [2.45, 2.75) is 34.1 Å². The van der Waals surface area contributed by atoms with Gasteiger partial charge in [0.2, 0.25) is 0 Å². The Bertz CT molecular complexity index is 221. The standard InChI is InChI=1S/C11H19N/c1-5-12-10-6-9(2)7-11(3,4)8-10/h6-7,12H,5,8H2,1-4H3. The summed E-state index contributed by atoms with van der Waals surface area (Å²) in [5.74, 6) is 0. The van der Waals surface area contributed by atoms with E-state index in [1.807, 2.05) is 0 Å². The normalized spacial score (nSPS) is 21.3. The summed E-state index contributed by atoms with van der Waals surface area (Å²) in [6.07, 6.45) is 5.72. The molecule has 0 fully saturated rings. The lowest BCUT2D eigenvalue weighted by molar-refractivity contribution is 0.451. The lowest BCUT2D eigenvalue weighted by Crippen LogP contribution is -2.21. The van der Waals surface area contributed by atoms with Gasteiger partial charge < -0.3 is 5.32 Å². The van der Waals surface area contributed by atoms with E-state index in [0.717, 1.165) is 13.0 Å². The first-order valence-electron chi connectivity index (χ1n) is 4.67. The smallest absolute Gasteiger partial charge is 0.0118 e. The Morgan fingerprint density at radius 2 is 2.17 bits per heavy atom. The monoisotopic (exact) mass is 165 g/mol. The van der Waals surface area contributed by atoms with E-state index >= 15 is 0 Å². The topological polar surface area (TPSA) is 12.0 Å². The Morgan fingerprint density at radius 3 is 2.67 bits per heavy atom. The van der Waals surface area contributed by atoms with Gasteiger partial charge in [-0.3, -0.25) is 0 Å². The lowest BCUT2D eigenvalue weighted by Gasteiger charge is -2.27. The van der Waals surface area contributed by atoms with E-state index in [0.29, 0.717) is 5.41 Å². The highest BCUT2D eigenvalue weighted by atomic mass is 14.9. The average molecular weight is 165 g/mol. The van der Waals surface area contributed by atoms with Crippen molar-refractivity contribution in [1.82, 2.24) is 5.32 Å². The SMILES string of the molecule is CCNC1=CC(C)=CC(C)(C)C1. The summed E-state index contributed by atoms with van der Waals surface area (Å²) in [7, 11) is 0. The molecule has 1 aliphatic rings. The Morgan fingerprint density at radius 1 is 1.50 bits per heavy atom. The number of rotatable bonds is 2. The van der Waals surface area contributed by atoms with E-state index in [-0.39, 0.29) is 0 Å². The third-order valence-electron chi connectivity index (χ3n) is 2.07. The van der Waals surface area contributed by atoms with E-state index in [1.165, 1.54) is 11.3 Å². The maximum atomic E-state index is 3.39. The summed E-state index contributed by atoms with van der Waals surface area (Å²) in [6, 6.07) is 0. The number of allylic oxidation sites excluding steroid dienone is 4. The van der Waals surface area contributed by atoms with Crippen molar-refractivity contribution < 1.29 is 0 Å². The molecule has 0 spiro atoms. The Balaban J connectivity index is 2.74. The van der Waals surface area contributed by atoms with Gasteiger partial charge in [0, 0.05) is 12.2 Å². The molecule has 12 heavy (non-hydrogen) atoms. The summed E-state index contributed by atoms with van der Waals surface area (Å²) in [5, 5.41) is 3.39. The summed E-state index contributed by atoms with van der Waals surface area (Å²) in [4.78, 5) is 0. The van der Waals surface area contributed by atoms with Crippen LogP contribution in [0, 0.1) is 5.41 Å². The molecule has 0 heterocycles. The predicted molar refractivity (Wildman–Crippen MR) is 53.9 cm³/mol. The number of hydrogen-bond acceptors (Lipinski definition) is 1. The van der Waals surface area contributed by atoms with Crippen LogP contribution < -0.4 is 5.32 Å². The summed E-state index contributed by atoms with van der Waals surface area (Å²) >= 11 is 0. The van der Waals surface area contributed by atoms with Crippen LogP contribution in [0.2, 0.25) is 0 Å². The van der Waals surface area contributed by atoms with E-state index in [4.69, 9.17) is 0 Å². The molecule has 0 aromatic rings. The molecule has 0 saturated heterocycles. The van der Waals surface area contributed by atoms with Crippen LogP contribution >= 0.6 is 0 Å². The molecule has 0 aliphatic heterocycles. The molecule has 0 aromatic carbocycles. The van der Waals surface area contributed by atoms with Crippen molar-refractivity contribution in [1.29, 1.82) is 0 Å². The zero-order chi connectivity index (χ0) is 9.19. The maximum Gasteiger partial charge on any atom is 0.0118 e. The molecule has 1 aliphatic carbocycles. The molecule has 68 valence electrons. The Hall–Kier alpha value is -0.720. The van der Waals surface area contributed by atoms with Crippen LogP contribution in [-0.2, 0) is 0 Å². The second kappa shape index (κ2) is 3.34. The second-order valence-electron chi connectivity index (χ2n) is 4.25. The van der Waals surface area contributed by atoms with Crippen LogP contribution in [0.25, 0.3) is 0 Å². The fourth-order valence-electron chi connectivity index (χ4n) is 1.87. The molecule has 0 radical (unpaired) electrons. The molecule has 1 heteroatoms. The number of nitrogens with one attached hydrogen (secondary N) is 1. The van der Waals surface area contributed by atoms with E-state index in [1.54, 1.807) is 0 Å². The van der Waals surface area contributed by atoms with Crippen LogP contribution in [0.15, 0.2) is 23.4 Å². The Kier molecular flexibility index (Phi) is 2.61. The predicted octanol–water partition coefficient (Wildman–Crippen LogP) is 2.86. The second-order valence-corrected chi connectivity index (χ2v) is 4.25. The highest BCUT2D eigenvalue weighted by Gasteiger charge is 2.20. The van der Waals surface area contributed by atoms with Gasteiger partial charge in [0.1, 0.15) is 0 Å². The van der Waals surface area contributed by atoms with Crippen LogP contribution in [0.4, 0.5) is 0 Å². The van der Waals surface area contributed by atoms with Crippen molar-refractivity contribution >= 4 is 0 Å². The van der Waals surface area contributed by atoms with E-state index in [2.05, 4.69) is 45.2 Å². The van der Waals surface area contributed by atoms with Gasteiger partial charge in [0.25, 0.3) is 0 Å². The first kappa shape index (κ1) is 9.37. The zero-order valence-electron chi connectivity index (χ0n) is 8.57. The molecular weight excluding hydrogens is 146 g/mol.